The molecule has 112 valence electrons. The zero-order chi connectivity index (χ0) is 14.6. The van der Waals surface area contributed by atoms with Crippen molar-refractivity contribution in [1.82, 2.24) is 9.78 Å². The van der Waals surface area contributed by atoms with Crippen molar-refractivity contribution in [1.29, 1.82) is 0 Å². The second-order valence-corrected chi connectivity index (χ2v) is 5.60. The fourth-order valence-corrected chi connectivity index (χ4v) is 2.35. The number of nitrogens with zero attached hydrogens (tertiary/aromatic N) is 2. The van der Waals surface area contributed by atoms with E-state index in [9.17, 15) is 4.79 Å². The lowest BCUT2D eigenvalue weighted by atomic mass is 10.0. The molecule has 0 radical (unpaired) electrons. The monoisotopic (exact) mass is 301 g/mol. The van der Waals surface area contributed by atoms with Gasteiger partial charge in [-0.05, 0) is 24.7 Å². The van der Waals surface area contributed by atoms with Gasteiger partial charge in [0.1, 0.15) is 5.02 Å². The third kappa shape index (κ3) is 3.50. The molecule has 1 fully saturated rings. The summed E-state index contributed by atoms with van der Waals surface area (Å²) in [6.07, 6.45) is 4.86. The molecule has 1 aromatic heterocycles. The van der Waals surface area contributed by atoms with E-state index < -0.39 is 0 Å². The predicted molar refractivity (Wildman–Crippen MR) is 77.2 cm³/mol. The topological polar surface area (TPSA) is 76.4 Å². The smallest absolute Gasteiger partial charge is 0.287 e. The molecule has 0 spiro atoms. The highest BCUT2D eigenvalue weighted by molar-refractivity contribution is 6.32. The third-order valence-electron chi connectivity index (χ3n) is 3.74. The Balaban J connectivity index is 2.00. The number of aromatic nitrogens is 2. The molecule has 1 aliphatic rings. The Morgan fingerprint density at radius 1 is 1.60 bits per heavy atom. The van der Waals surface area contributed by atoms with Crippen LogP contribution in [-0.2, 0) is 11.3 Å². The van der Waals surface area contributed by atoms with E-state index in [0.29, 0.717) is 5.69 Å². The third-order valence-corrected chi connectivity index (χ3v) is 4.11. The summed E-state index contributed by atoms with van der Waals surface area (Å²) in [7, 11) is 1.70. The van der Waals surface area contributed by atoms with Crippen LogP contribution in [0.1, 0.15) is 19.3 Å². The van der Waals surface area contributed by atoms with Gasteiger partial charge in [-0.25, -0.2) is 4.68 Å². The Hall–Kier alpha value is -1.11. The molecule has 20 heavy (non-hydrogen) atoms. The summed E-state index contributed by atoms with van der Waals surface area (Å²) >= 11 is 6.05. The molecule has 0 saturated heterocycles. The van der Waals surface area contributed by atoms with E-state index in [1.165, 1.54) is 6.20 Å². The molecular formula is C13H20ClN3O3. The summed E-state index contributed by atoms with van der Waals surface area (Å²) in [5.74, 6) is 0. The van der Waals surface area contributed by atoms with Gasteiger partial charge in [-0.3, -0.25) is 4.79 Å². The normalized spacial score (nSPS) is 16.1. The number of aliphatic hydroxyl groups excluding tert-OH is 1. The number of hydrogen-bond acceptors (Lipinski definition) is 5. The van der Waals surface area contributed by atoms with E-state index in [1.54, 1.807) is 7.11 Å². The summed E-state index contributed by atoms with van der Waals surface area (Å²) in [5, 5.41) is 16.1. The highest BCUT2D eigenvalue weighted by atomic mass is 35.5. The van der Waals surface area contributed by atoms with E-state index in [4.69, 9.17) is 21.4 Å². The summed E-state index contributed by atoms with van der Waals surface area (Å²) < 4.78 is 6.27. The fourth-order valence-electron chi connectivity index (χ4n) is 2.14. The minimum Gasteiger partial charge on any atom is -0.394 e. The van der Waals surface area contributed by atoms with Crippen LogP contribution in [0.3, 0.4) is 0 Å². The molecule has 0 aliphatic heterocycles. The number of ether oxygens (including phenoxy) is 1. The van der Waals surface area contributed by atoms with Crippen molar-refractivity contribution in [3.05, 3.63) is 21.6 Å². The van der Waals surface area contributed by atoms with E-state index in [0.717, 1.165) is 37.1 Å². The lowest BCUT2D eigenvalue weighted by Crippen LogP contribution is -2.26. The number of halogens is 1. The maximum absolute atomic E-state index is 11.9. The van der Waals surface area contributed by atoms with Crippen molar-refractivity contribution in [3.8, 4) is 0 Å². The predicted octanol–water partition coefficient (Wildman–Crippen LogP) is 1.12. The molecule has 0 unspecified atom stereocenters. The van der Waals surface area contributed by atoms with Gasteiger partial charge in [0, 0.05) is 20.3 Å². The van der Waals surface area contributed by atoms with Crippen LogP contribution >= 0.6 is 11.6 Å². The Labute approximate surface area is 122 Å². The van der Waals surface area contributed by atoms with Crippen molar-refractivity contribution in [2.24, 2.45) is 5.41 Å². The maximum Gasteiger partial charge on any atom is 0.287 e. The summed E-state index contributed by atoms with van der Waals surface area (Å²) in [6.45, 7) is 1.51. The maximum atomic E-state index is 11.9. The van der Waals surface area contributed by atoms with Crippen LogP contribution in [0, 0.1) is 5.41 Å². The van der Waals surface area contributed by atoms with Crippen LogP contribution in [0.2, 0.25) is 5.02 Å². The first-order valence-electron chi connectivity index (χ1n) is 6.71. The average molecular weight is 302 g/mol. The van der Waals surface area contributed by atoms with Gasteiger partial charge in [-0.1, -0.05) is 11.6 Å². The van der Waals surface area contributed by atoms with Gasteiger partial charge >= 0.3 is 0 Å². The van der Waals surface area contributed by atoms with Gasteiger partial charge < -0.3 is 15.2 Å². The van der Waals surface area contributed by atoms with E-state index in [-0.39, 0.29) is 29.1 Å². The largest absolute Gasteiger partial charge is 0.394 e. The molecule has 2 N–H and O–H groups in total. The second kappa shape index (κ2) is 6.56. The molecule has 0 atom stereocenters. The quantitative estimate of drug-likeness (QED) is 0.752. The Kier molecular flexibility index (Phi) is 5.01. The number of hydrogen-bond donors (Lipinski definition) is 2. The van der Waals surface area contributed by atoms with Crippen LogP contribution < -0.4 is 10.9 Å². The van der Waals surface area contributed by atoms with Crippen LogP contribution in [0.15, 0.2) is 11.0 Å². The number of methoxy groups -OCH3 is 1. The minimum absolute atomic E-state index is 0.121. The Morgan fingerprint density at radius 2 is 2.35 bits per heavy atom. The molecule has 1 aromatic rings. The standard InChI is InChI=1S/C13H20ClN3O3/c1-20-7-4-13(2-3-13)9-15-10-8-16-17(5-6-18)12(19)11(10)14/h8,15,18H,2-7,9H2,1H3. The fraction of sp³-hybridized carbons (Fsp3) is 0.692. The number of nitrogens with one attached hydrogen (secondary N) is 1. The summed E-state index contributed by atoms with van der Waals surface area (Å²) in [5.41, 5.74) is 0.432. The second-order valence-electron chi connectivity index (χ2n) is 5.22. The molecule has 1 aliphatic carbocycles. The van der Waals surface area contributed by atoms with Gasteiger partial charge in [0.15, 0.2) is 0 Å². The molecule has 0 amide bonds. The van der Waals surface area contributed by atoms with E-state index in [2.05, 4.69) is 10.4 Å². The first kappa shape index (κ1) is 15.3. The lowest BCUT2D eigenvalue weighted by molar-refractivity contribution is 0.175. The average Bonchev–Trinajstić information content (AvgIpc) is 3.22. The van der Waals surface area contributed by atoms with Crippen molar-refractivity contribution in [2.75, 3.05) is 32.2 Å². The van der Waals surface area contributed by atoms with E-state index >= 15 is 0 Å². The highest BCUT2D eigenvalue weighted by Gasteiger charge is 2.41. The molecule has 1 heterocycles. The Bertz CT molecular complexity index is 514. The number of rotatable bonds is 8. The van der Waals surface area contributed by atoms with Gasteiger partial charge in [-0.15, -0.1) is 0 Å². The van der Waals surface area contributed by atoms with Crippen molar-refractivity contribution in [3.63, 3.8) is 0 Å². The van der Waals surface area contributed by atoms with Gasteiger partial charge in [-0.2, -0.15) is 5.10 Å². The minimum atomic E-state index is -0.382. The van der Waals surface area contributed by atoms with Crippen molar-refractivity contribution in [2.45, 2.75) is 25.8 Å². The van der Waals surface area contributed by atoms with Crippen molar-refractivity contribution >= 4 is 17.3 Å². The highest BCUT2D eigenvalue weighted by Crippen LogP contribution is 2.48. The molecule has 6 nitrogen and oxygen atoms in total. The van der Waals surface area contributed by atoms with Crippen molar-refractivity contribution < 1.29 is 9.84 Å². The summed E-state index contributed by atoms with van der Waals surface area (Å²) in [6, 6.07) is 0. The number of anilines is 1. The van der Waals surface area contributed by atoms with Gasteiger partial charge in [0.2, 0.25) is 0 Å². The van der Waals surface area contributed by atoms with Gasteiger partial charge in [0.25, 0.3) is 5.56 Å². The van der Waals surface area contributed by atoms with Crippen LogP contribution in [-0.4, -0.2) is 41.8 Å². The molecule has 2 rings (SSSR count). The zero-order valence-electron chi connectivity index (χ0n) is 11.6. The molecule has 7 heteroatoms. The molecule has 1 saturated carbocycles. The first-order valence-corrected chi connectivity index (χ1v) is 7.09. The SMILES string of the molecule is COCCC1(CNc2cnn(CCO)c(=O)c2Cl)CC1. The zero-order valence-corrected chi connectivity index (χ0v) is 12.3. The van der Waals surface area contributed by atoms with E-state index in [1.807, 2.05) is 0 Å². The first-order chi connectivity index (χ1) is 9.62. The molecule has 0 aromatic carbocycles. The molecule has 0 bridgehead atoms. The Morgan fingerprint density at radius 3 is 2.95 bits per heavy atom. The molecular weight excluding hydrogens is 282 g/mol. The van der Waals surface area contributed by atoms with Crippen LogP contribution in [0.5, 0.6) is 0 Å². The van der Waals surface area contributed by atoms with Crippen LogP contribution in [0.4, 0.5) is 5.69 Å². The van der Waals surface area contributed by atoms with Crippen LogP contribution in [0.25, 0.3) is 0 Å². The van der Waals surface area contributed by atoms with Gasteiger partial charge in [0.05, 0.1) is 25.0 Å². The lowest BCUT2D eigenvalue weighted by Gasteiger charge is -2.17. The summed E-state index contributed by atoms with van der Waals surface area (Å²) in [4.78, 5) is 11.9. The number of aliphatic hydroxyl groups is 1.